The minimum Gasteiger partial charge on any atom is -0.323 e. The van der Waals surface area contributed by atoms with E-state index in [0.29, 0.717) is 11.4 Å². The third-order valence-corrected chi connectivity index (χ3v) is 4.47. The molecule has 4 heteroatoms. The van der Waals surface area contributed by atoms with Crippen molar-refractivity contribution in [3.8, 4) is 6.07 Å². The maximum Gasteiger partial charge on any atom is 0.254 e. The molecule has 0 aromatic heterocycles. The molecule has 0 spiro atoms. The van der Waals surface area contributed by atoms with E-state index < -0.39 is 5.54 Å². The second-order valence-corrected chi connectivity index (χ2v) is 5.67. The molecule has 20 heavy (non-hydrogen) atoms. The first-order chi connectivity index (χ1) is 9.63. The maximum atomic E-state index is 12.6. The van der Waals surface area contributed by atoms with Gasteiger partial charge in [-0.1, -0.05) is 31.4 Å². The number of hydrogen-bond acceptors (Lipinski definition) is 2. The number of rotatable bonds is 3. The van der Waals surface area contributed by atoms with Gasteiger partial charge in [0.05, 0.1) is 6.07 Å². The molecule has 0 unspecified atom stereocenters. The lowest BCUT2D eigenvalue weighted by molar-refractivity contribution is 0.0589. The SMILES string of the molecule is CN(C(=O)c1cccc(CCl)c1)C1(C#N)CCCCC1. The summed E-state index contributed by atoms with van der Waals surface area (Å²) in [6.07, 6.45) is 4.69. The Morgan fingerprint density at radius 3 is 2.70 bits per heavy atom. The molecular weight excluding hydrogens is 272 g/mol. The van der Waals surface area contributed by atoms with Crippen LogP contribution in [-0.4, -0.2) is 23.4 Å². The zero-order valence-corrected chi connectivity index (χ0v) is 12.5. The fraction of sp³-hybridized carbons (Fsp3) is 0.500. The molecule has 106 valence electrons. The molecule has 1 aromatic carbocycles. The number of carbonyl (C=O) groups excluding carboxylic acids is 1. The second-order valence-electron chi connectivity index (χ2n) is 5.40. The van der Waals surface area contributed by atoms with E-state index in [9.17, 15) is 10.1 Å². The highest BCUT2D eigenvalue weighted by molar-refractivity contribution is 6.17. The van der Waals surface area contributed by atoms with Gasteiger partial charge in [-0.25, -0.2) is 0 Å². The number of nitrogens with zero attached hydrogens (tertiary/aromatic N) is 2. The molecule has 0 bridgehead atoms. The third kappa shape index (κ3) is 2.81. The van der Waals surface area contributed by atoms with E-state index in [1.807, 2.05) is 12.1 Å². The van der Waals surface area contributed by atoms with Crippen LogP contribution in [0, 0.1) is 11.3 Å². The first-order valence-electron chi connectivity index (χ1n) is 6.97. The number of alkyl halides is 1. The molecule has 1 aromatic rings. The second kappa shape index (κ2) is 6.28. The van der Waals surface area contributed by atoms with Gasteiger partial charge in [-0.2, -0.15) is 5.26 Å². The van der Waals surface area contributed by atoms with Gasteiger partial charge in [0.2, 0.25) is 0 Å². The van der Waals surface area contributed by atoms with Crippen molar-refractivity contribution in [2.45, 2.75) is 43.5 Å². The summed E-state index contributed by atoms with van der Waals surface area (Å²) >= 11 is 5.81. The first-order valence-corrected chi connectivity index (χ1v) is 7.51. The van der Waals surface area contributed by atoms with Crippen LogP contribution in [0.25, 0.3) is 0 Å². The molecule has 0 atom stereocenters. The maximum absolute atomic E-state index is 12.6. The smallest absolute Gasteiger partial charge is 0.254 e. The van der Waals surface area contributed by atoms with Gasteiger partial charge in [-0.3, -0.25) is 4.79 Å². The van der Waals surface area contributed by atoms with E-state index in [1.54, 1.807) is 24.1 Å². The van der Waals surface area contributed by atoms with Crippen molar-refractivity contribution in [3.63, 3.8) is 0 Å². The molecule has 3 nitrogen and oxygen atoms in total. The van der Waals surface area contributed by atoms with Crippen molar-refractivity contribution >= 4 is 17.5 Å². The lowest BCUT2D eigenvalue weighted by Crippen LogP contribution is -2.49. The van der Waals surface area contributed by atoms with E-state index in [0.717, 1.165) is 37.7 Å². The van der Waals surface area contributed by atoms with E-state index in [1.165, 1.54) is 0 Å². The number of amides is 1. The zero-order valence-electron chi connectivity index (χ0n) is 11.7. The predicted molar refractivity (Wildman–Crippen MR) is 79.5 cm³/mol. The van der Waals surface area contributed by atoms with Crippen LogP contribution in [0.4, 0.5) is 0 Å². The van der Waals surface area contributed by atoms with Crippen molar-refractivity contribution in [3.05, 3.63) is 35.4 Å². The molecule has 1 saturated carbocycles. The Kier molecular flexibility index (Phi) is 4.67. The third-order valence-electron chi connectivity index (χ3n) is 4.16. The van der Waals surface area contributed by atoms with Gasteiger partial charge in [0, 0.05) is 18.5 Å². The number of nitriles is 1. The Morgan fingerprint density at radius 2 is 2.10 bits per heavy atom. The van der Waals surface area contributed by atoms with Crippen LogP contribution in [0.2, 0.25) is 0 Å². The molecular formula is C16H19ClN2O. The summed E-state index contributed by atoms with van der Waals surface area (Å²) in [6, 6.07) is 9.69. The zero-order chi connectivity index (χ0) is 14.6. The molecule has 0 saturated heterocycles. The summed E-state index contributed by atoms with van der Waals surface area (Å²) in [7, 11) is 1.74. The lowest BCUT2D eigenvalue weighted by atomic mass is 9.81. The molecule has 1 fully saturated rings. The van der Waals surface area contributed by atoms with E-state index >= 15 is 0 Å². The molecule has 1 aliphatic rings. The molecule has 2 rings (SSSR count). The first kappa shape index (κ1) is 14.9. The molecule has 0 radical (unpaired) electrons. The van der Waals surface area contributed by atoms with Crippen molar-refractivity contribution in [1.29, 1.82) is 5.26 Å². The molecule has 0 aliphatic heterocycles. The summed E-state index contributed by atoms with van der Waals surface area (Å²) in [5.41, 5.74) is 0.873. The minimum absolute atomic E-state index is 0.0968. The quantitative estimate of drug-likeness (QED) is 0.796. The van der Waals surface area contributed by atoms with E-state index in [2.05, 4.69) is 6.07 Å². The number of benzene rings is 1. The fourth-order valence-corrected chi connectivity index (χ4v) is 3.00. The van der Waals surface area contributed by atoms with Gasteiger partial charge in [-0.15, -0.1) is 11.6 Å². The van der Waals surface area contributed by atoms with Crippen LogP contribution < -0.4 is 0 Å². The van der Waals surface area contributed by atoms with Gasteiger partial charge in [0.25, 0.3) is 5.91 Å². The van der Waals surface area contributed by atoms with Gasteiger partial charge >= 0.3 is 0 Å². The van der Waals surface area contributed by atoms with Crippen LogP contribution in [0.15, 0.2) is 24.3 Å². The molecule has 0 heterocycles. The Balaban J connectivity index is 2.25. The number of carbonyl (C=O) groups is 1. The van der Waals surface area contributed by atoms with Crippen LogP contribution in [0.5, 0.6) is 0 Å². The monoisotopic (exact) mass is 290 g/mol. The normalized spacial score (nSPS) is 17.2. The Bertz CT molecular complexity index is 530. The van der Waals surface area contributed by atoms with E-state index in [-0.39, 0.29) is 5.91 Å². The highest BCUT2D eigenvalue weighted by Crippen LogP contribution is 2.33. The van der Waals surface area contributed by atoms with Crippen LogP contribution in [-0.2, 0) is 5.88 Å². The van der Waals surface area contributed by atoms with Crippen molar-refractivity contribution in [2.75, 3.05) is 7.05 Å². The van der Waals surface area contributed by atoms with Gasteiger partial charge < -0.3 is 4.90 Å². The van der Waals surface area contributed by atoms with Crippen LogP contribution in [0.1, 0.15) is 48.0 Å². The summed E-state index contributed by atoms with van der Waals surface area (Å²) < 4.78 is 0. The summed E-state index contributed by atoms with van der Waals surface area (Å²) in [5, 5.41) is 9.54. The highest BCUT2D eigenvalue weighted by atomic mass is 35.5. The molecule has 1 aliphatic carbocycles. The van der Waals surface area contributed by atoms with Crippen LogP contribution in [0.3, 0.4) is 0 Å². The predicted octanol–water partition coefficient (Wildman–Crippen LogP) is 3.72. The van der Waals surface area contributed by atoms with Gasteiger partial charge in [0.1, 0.15) is 5.54 Å². The van der Waals surface area contributed by atoms with Crippen molar-refractivity contribution in [1.82, 2.24) is 4.90 Å². The average molecular weight is 291 g/mol. The lowest BCUT2D eigenvalue weighted by Gasteiger charge is -2.39. The van der Waals surface area contributed by atoms with Gasteiger partial charge in [0.15, 0.2) is 0 Å². The van der Waals surface area contributed by atoms with Crippen molar-refractivity contribution in [2.24, 2.45) is 0 Å². The van der Waals surface area contributed by atoms with Crippen molar-refractivity contribution < 1.29 is 4.79 Å². The minimum atomic E-state index is -0.647. The Morgan fingerprint density at radius 1 is 1.40 bits per heavy atom. The van der Waals surface area contributed by atoms with Gasteiger partial charge in [-0.05, 0) is 30.5 Å². The highest BCUT2D eigenvalue weighted by Gasteiger charge is 2.39. The summed E-state index contributed by atoms with van der Waals surface area (Å²) in [6.45, 7) is 0. The van der Waals surface area contributed by atoms with Crippen LogP contribution >= 0.6 is 11.6 Å². The summed E-state index contributed by atoms with van der Waals surface area (Å²) in [5.74, 6) is 0.286. The largest absolute Gasteiger partial charge is 0.323 e. The fourth-order valence-electron chi connectivity index (χ4n) is 2.83. The standard InChI is InChI=1S/C16H19ClN2O/c1-19(16(12-18)8-3-2-4-9-16)15(20)14-7-5-6-13(10-14)11-17/h5-7,10H,2-4,8-9,11H2,1H3. The number of halogens is 1. The number of hydrogen-bond donors (Lipinski definition) is 0. The summed E-state index contributed by atoms with van der Waals surface area (Å²) in [4.78, 5) is 14.2. The van der Waals surface area contributed by atoms with E-state index in [4.69, 9.17) is 11.6 Å². The Labute approximate surface area is 125 Å². The molecule has 1 amide bonds. The average Bonchev–Trinajstić information content (AvgIpc) is 2.54. The Hall–Kier alpha value is -1.53. The molecule has 0 N–H and O–H groups in total. The topological polar surface area (TPSA) is 44.1 Å².